The number of carbonyl (C=O) groups is 1. The van der Waals surface area contributed by atoms with Crippen LogP contribution < -0.4 is 0 Å². The van der Waals surface area contributed by atoms with E-state index >= 15 is 0 Å². The maximum atomic E-state index is 13.1. The fourth-order valence-electron chi connectivity index (χ4n) is 3.31. The molecule has 0 aromatic heterocycles. The molecule has 1 fully saturated rings. The van der Waals surface area contributed by atoms with Gasteiger partial charge in [0.05, 0.1) is 0 Å². The summed E-state index contributed by atoms with van der Waals surface area (Å²) in [4.78, 5) is 13.1. The SMILES string of the molecule is C[S+](CC=C1CCCC1)[CH](C(=O)c1ccccc1)[Ge]([CH3])([CH3])[CH3]. The van der Waals surface area contributed by atoms with Gasteiger partial charge in [-0.2, -0.15) is 0 Å². The molecule has 2 rings (SSSR count). The summed E-state index contributed by atoms with van der Waals surface area (Å²) in [5.74, 6) is 8.65. The van der Waals surface area contributed by atoms with Crippen LogP contribution in [0.25, 0.3) is 0 Å². The second-order valence-corrected chi connectivity index (χ2v) is 21.6. The zero-order chi connectivity index (χ0) is 16.2. The molecule has 2 unspecified atom stereocenters. The van der Waals surface area contributed by atoms with Gasteiger partial charge in [-0.3, -0.25) is 0 Å². The Kier molecular flexibility index (Phi) is 6.39. The number of carbonyl (C=O) groups excluding carboxylic acids is 1. The molecule has 3 heteroatoms. The Morgan fingerprint density at radius 3 is 2.32 bits per heavy atom. The molecule has 120 valence electrons. The first-order chi connectivity index (χ1) is 10.4. The molecule has 1 nitrogen and oxygen atoms in total. The van der Waals surface area contributed by atoms with Crippen LogP contribution in [0.1, 0.15) is 36.0 Å². The van der Waals surface area contributed by atoms with Gasteiger partial charge in [-0.25, -0.2) is 0 Å². The predicted molar refractivity (Wildman–Crippen MR) is 103 cm³/mol. The standard InChI is InChI=1S/C19H29GeOS/c1-20(2,3)19(18(21)17-12-6-5-7-13-17)22(4)15-14-16-10-8-9-11-16/h5-7,12-14,19H,8-11,15H2,1-4H3/q+1. The van der Waals surface area contributed by atoms with Crippen LogP contribution in [-0.4, -0.2) is 35.1 Å². The van der Waals surface area contributed by atoms with E-state index in [0.29, 0.717) is 5.78 Å². The van der Waals surface area contributed by atoms with Crippen LogP contribution in [0.4, 0.5) is 0 Å². The molecular formula is C19H29GeOS+. The summed E-state index contributed by atoms with van der Waals surface area (Å²) >= 11 is -2.08. The third-order valence-electron chi connectivity index (χ3n) is 4.37. The van der Waals surface area contributed by atoms with E-state index in [1.807, 2.05) is 30.3 Å². The molecule has 0 aliphatic heterocycles. The Hall–Kier alpha value is -0.477. The normalized spacial score (nSPS) is 18.1. The van der Waals surface area contributed by atoms with E-state index in [0.717, 1.165) is 11.3 Å². The summed E-state index contributed by atoms with van der Waals surface area (Å²) in [6.45, 7) is 0. The Morgan fingerprint density at radius 2 is 1.77 bits per heavy atom. The van der Waals surface area contributed by atoms with Gasteiger partial charge >= 0.3 is 141 Å². The first-order valence-corrected chi connectivity index (χ1v) is 17.6. The van der Waals surface area contributed by atoms with Crippen LogP contribution in [-0.2, 0) is 10.9 Å². The first kappa shape index (κ1) is 17.9. The van der Waals surface area contributed by atoms with Crippen molar-refractivity contribution in [2.45, 2.75) is 47.0 Å². The fourth-order valence-corrected chi connectivity index (χ4v) is 15.9. The molecule has 0 spiro atoms. The van der Waals surface area contributed by atoms with Gasteiger partial charge in [-0.15, -0.1) is 0 Å². The number of benzene rings is 1. The Balaban J connectivity index is 2.15. The molecule has 1 aliphatic rings. The summed E-state index contributed by atoms with van der Waals surface area (Å²) in [7, 11) is 0.154. The molecule has 0 amide bonds. The average molecular weight is 378 g/mol. The molecule has 2 atom stereocenters. The predicted octanol–water partition coefficient (Wildman–Crippen LogP) is 4.86. The van der Waals surface area contributed by atoms with Crippen molar-refractivity contribution in [1.29, 1.82) is 0 Å². The van der Waals surface area contributed by atoms with Crippen molar-refractivity contribution in [3.8, 4) is 0 Å². The molecule has 0 saturated heterocycles. The second kappa shape index (κ2) is 7.87. The van der Waals surface area contributed by atoms with E-state index in [4.69, 9.17) is 0 Å². The quantitative estimate of drug-likeness (QED) is 0.299. The summed E-state index contributed by atoms with van der Waals surface area (Å²) in [6, 6.07) is 9.91. The molecule has 1 saturated carbocycles. The third kappa shape index (κ3) is 4.76. The van der Waals surface area contributed by atoms with Crippen LogP contribution in [0.2, 0.25) is 17.3 Å². The van der Waals surface area contributed by atoms with Gasteiger partial charge in [0.25, 0.3) is 0 Å². The van der Waals surface area contributed by atoms with Gasteiger partial charge in [0.2, 0.25) is 0 Å². The van der Waals surface area contributed by atoms with Gasteiger partial charge in [0, 0.05) is 0 Å². The number of hydrogen-bond donors (Lipinski definition) is 0. The van der Waals surface area contributed by atoms with Crippen LogP contribution in [0, 0.1) is 0 Å². The number of ketones is 1. The van der Waals surface area contributed by atoms with E-state index in [1.165, 1.54) is 25.7 Å². The number of Topliss-reactive ketones (excluding diaryl/α,β-unsaturated/α-hetero) is 1. The number of allylic oxidation sites excluding steroid dienone is 1. The Bertz CT molecular complexity index is 522. The molecule has 1 aromatic rings. The van der Waals surface area contributed by atoms with E-state index in [9.17, 15) is 4.79 Å². The van der Waals surface area contributed by atoms with Crippen LogP contribution in [0.3, 0.4) is 0 Å². The Morgan fingerprint density at radius 1 is 1.18 bits per heavy atom. The van der Waals surface area contributed by atoms with Crippen LogP contribution in [0.15, 0.2) is 42.0 Å². The van der Waals surface area contributed by atoms with Crippen molar-refractivity contribution in [2.75, 3.05) is 12.0 Å². The molecule has 0 bridgehead atoms. The monoisotopic (exact) mass is 379 g/mol. The topological polar surface area (TPSA) is 17.1 Å². The van der Waals surface area contributed by atoms with Crippen molar-refractivity contribution in [3.63, 3.8) is 0 Å². The van der Waals surface area contributed by atoms with Gasteiger partial charge in [-0.05, 0) is 0 Å². The second-order valence-electron chi connectivity index (χ2n) is 7.40. The first-order valence-electron chi connectivity index (χ1n) is 8.28. The van der Waals surface area contributed by atoms with Crippen LogP contribution >= 0.6 is 0 Å². The summed E-state index contributed by atoms with van der Waals surface area (Å²) in [6.07, 6.45) is 10.0. The van der Waals surface area contributed by atoms with Crippen LogP contribution in [0.5, 0.6) is 0 Å². The van der Waals surface area contributed by atoms with Gasteiger partial charge in [0.15, 0.2) is 0 Å². The molecule has 22 heavy (non-hydrogen) atoms. The molecule has 0 heterocycles. The van der Waals surface area contributed by atoms with E-state index in [2.05, 4.69) is 29.6 Å². The van der Waals surface area contributed by atoms with Crippen molar-refractivity contribution < 1.29 is 4.79 Å². The summed E-state index contributed by atoms with van der Waals surface area (Å²) < 4.78 is 0.278. The van der Waals surface area contributed by atoms with Crippen molar-refractivity contribution >= 4 is 29.9 Å². The van der Waals surface area contributed by atoms with Gasteiger partial charge in [-0.1, -0.05) is 0 Å². The fraction of sp³-hybridized carbons (Fsp3) is 0.526. The summed E-state index contributed by atoms with van der Waals surface area (Å²) in [5, 5.41) is 0. The number of rotatable bonds is 6. The number of hydrogen-bond acceptors (Lipinski definition) is 1. The maximum absolute atomic E-state index is 13.1. The minimum atomic E-state index is -2.08. The minimum absolute atomic E-state index is 0.154. The van der Waals surface area contributed by atoms with Gasteiger partial charge < -0.3 is 0 Å². The molecule has 0 N–H and O–H groups in total. The molecular weight excluding hydrogens is 349 g/mol. The third-order valence-corrected chi connectivity index (χ3v) is 16.1. The zero-order valence-electron chi connectivity index (χ0n) is 14.4. The van der Waals surface area contributed by atoms with Crippen molar-refractivity contribution in [3.05, 3.63) is 47.5 Å². The van der Waals surface area contributed by atoms with Crippen molar-refractivity contribution in [1.82, 2.24) is 0 Å². The van der Waals surface area contributed by atoms with E-state index in [-0.39, 0.29) is 15.0 Å². The van der Waals surface area contributed by atoms with E-state index < -0.39 is 13.3 Å². The Labute approximate surface area is 141 Å². The van der Waals surface area contributed by atoms with E-state index in [1.54, 1.807) is 5.57 Å². The summed E-state index contributed by atoms with van der Waals surface area (Å²) in [5.41, 5.74) is 2.53. The molecule has 0 radical (unpaired) electrons. The zero-order valence-corrected chi connectivity index (χ0v) is 17.3. The van der Waals surface area contributed by atoms with Gasteiger partial charge in [0.1, 0.15) is 0 Å². The van der Waals surface area contributed by atoms with Crippen molar-refractivity contribution in [2.24, 2.45) is 0 Å². The molecule has 1 aromatic carbocycles. The molecule has 1 aliphatic carbocycles. The average Bonchev–Trinajstić information content (AvgIpc) is 2.98.